The summed E-state index contributed by atoms with van der Waals surface area (Å²) in [6.45, 7) is 10.3. The van der Waals surface area contributed by atoms with E-state index < -0.39 is 17.4 Å². The number of hydrogen-bond acceptors (Lipinski definition) is 6. The highest BCUT2D eigenvalue weighted by molar-refractivity contribution is 5.72. The quantitative estimate of drug-likeness (QED) is 0.280. The monoisotopic (exact) mass is 602 g/mol. The zero-order chi connectivity index (χ0) is 31.1. The van der Waals surface area contributed by atoms with Gasteiger partial charge < -0.3 is 19.3 Å². The van der Waals surface area contributed by atoms with Gasteiger partial charge in [0.05, 0.1) is 6.61 Å². The van der Waals surface area contributed by atoms with Gasteiger partial charge in [-0.3, -0.25) is 9.59 Å². The summed E-state index contributed by atoms with van der Waals surface area (Å²) in [5, 5.41) is 10.4. The van der Waals surface area contributed by atoms with Crippen LogP contribution in [0.25, 0.3) is 0 Å². The summed E-state index contributed by atoms with van der Waals surface area (Å²) >= 11 is 0. The number of esters is 2. The number of methoxy groups -OCH3 is 1. The van der Waals surface area contributed by atoms with Crippen LogP contribution in [-0.2, 0) is 23.8 Å². The molecule has 0 aliphatic heterocycles. The maximum atomic E-state index is 13.6. The van der Waals surface area contributed by atoms with E-state index in [0.29, 0.717) is 43.1 Å². The summed E-state index contributed by atoms with van der Waals surface area (Å²) in [5.74, 6) is 1.49. The smallest absolute Gasteiger partial charge is 0.417 e. The molecule has 4 aliphatic carbocycles. The second-order valence-corrected chi connectivity index (χ2v) is 15.2. The first-order valence-electron chi connectivity index (χ1n) is 16.2. The lowest BCUT2D eigenvalue weighted by atomic mass is 9.48. The van der Waals surface area contributed by atoms with Gasteiger partial charge in [0.15, 0.2) is 5.60 Å². The minimum atomic E-state index is -4.56. The Morgan fingerprint density at radius 3 is 2.24 bits per heavy atom. The molecule has 0 heterocycles. The first kappa shape index (κ1) is 33.5. The van der Waals surface area contributed by atoms with Crippen LogP contribution in [0, 0.1) is 46.8 Å². The number of hydrogen-bond donors (Lipinski definition) is 1. The number of carbonyl (C=O) groups is 2. The maximum absolute atomic E-state index is 13.6. The number of ether oxygens (including phenoxy) is 3. The highest BCUT2D eigenvalue weighted by Gasteiger charge is 2.62. The molecule has 4 fully saturated rings. The van der Waals surface area contributed by atoms with Crippen LogP contribution in [0.2, 0.25) is 0 Å². The van der Waals surface area contributed by atoms with Gasteiger partial charge >= 0.3 is 18.1 Å². The van der Waals surface area contributed by atoms with Gasteiger partial charge in [-0.1, -0.05) is 13.8 Å². The van der Waals surface area contributed by atoms with Crippen LogP contribution in [0.5, 0.6) is 0 Å². The zero-order valence-corrected chi connectivity index (χ0v) is 26.4. The Balaban J connectivity index is 1.36. The average Bonchev–Trinajstić information content (AvgIpc) is 3.23. The van der Waals surface area contributed by atoms with E-state index >= 15 is 0 Å². The Morgan fingerprint density at radius 2 is 1.60 bits per heavy atom. The van der Waals surface area contributed by atoms with E-state index in [1.165, 1.54) is 0 Å². The molecule has 0 aromatic carbocycles. The van der Waals surface area contributed by atoms with Crippen LogP contribution in [0.4, 0.5) is 13.2 Å². The van der Waals surface area contributed by atoms with Crippen molar-refractivity contribution in [3.63, 3.8) is 0 Å². The fourth-order valence-corrected chi connectivity index (χ4v) is 9.75. The highest BCUT2D eigenvalue weighted by atomic mass is 19.4. The molecule has 10 atom stereocenters. The Bertz CT molecular complexity index is 962. The fourth-order valence-electron chi connectivity index (χ4n) is 9.75. The maximum Gasteiger partial charge on any atom is 0.417 e. The summed E-state index contributed by atoms with van der Waals surface area (Å²) < 4.78 is 57.6. The number of halogens is 3. The first-order chi connectivity index (χ1) is 19.5. The summed E-state index contributed by atoms with van der Waals surface area (Å²) in [6, 6.07) is 0. The molecule has 0 aromatic rings. The van der Waals surface area contributed by atoms with Gasteiger partial charge in [-0.25, -0.2) is 0 Å². The lowest BCUT2D eigenvalue weighted by Crippen LogP contribution is -2.55. The predicted octanol–water partition coefficient (Wildman–Crippen LogP) is 7.25. The van der Waals surface area contributed by atoms with E-state index in [-0.39, 0.29) is 66.9 Å². The summed E-state index contributed by atoms with van der Waals surface area (Å²) in [4.78, 5) is 24.8. The molecular formula is C33H53F3O6. The molecule has 4 aliphatic rings. The minimum Gasteiger partial charge on any atom is -0.460 e. The minimum absolute atomic E-state index is 0.0482. The van der Waals surface area contributed by atoms with Gasteiger partial charge in [0.2, 0.25) is 0 Å². The van der Waals surface area contributed by atoms with Crippen molar-refractivity contribution in [3.8, 4) is 0 Å². The molecule has 0 saturated heterocycles. The summed E-state index contributed by atoms with van der Waals surface area (Å²) in [6.07, 6.45) is 1.79. The lowest BCUT2D eigenvalue weighted by molar-refractivity contribution is -0.282. The molecule has 4 rings (SSSR count). The van der Waals surface area contributed by atoms with E-state index in [0.717, 1.165) is 38.5 Å². The molecule has 0 unspecified atom stereocenters. The predicted molar refractivity (Wildman–Crippen MR) is 152 cm³/mol. The number of aliphatic hydroxyl groups is 1. The molecule has 4 saturated carbocycles. The normalized spacial score (nSPS) is 38.0. The van der Waals surface area contributed by atoms with Crippen molar-refractivity contribution in [2.24, 2.45) is 46.8 Å². The van der Waals surface area contributed by atoms with Crippen molar-refractivity contribution in [2.45, 2.75) is 135 Å². The largest absolute Gasteiger partial charge is 0.460 e. The van der Waals surface area contributed by atoms with Crippen molar-refractivity contribution < 1.29 is 42.1 Å². The van der Waals surface area contributed by atoms with Crippen LogP contribution in [0.1, 0.15) is 112 Å². The van der Waals surface area contributed by atoms with Gasteiger partial charge in [-0.2, -0.15) is 13.2 Å². The Kier molecular flexibility index (Phi) is 10.0. The molecule has 42 heavy (non-hydrogen) atoms. The molecule has 6 nitrogen and oxygen atoms in total. The van der Waals surface area contributed by atoms with Crippen molar-refractivity contribution in [3.05, 3.63) is 0 Å². The number of rotatable bonds is 9. The van der Waals surface area contributed by atoms with Gasteiger partial charge in [-0.15, -0.1) is 0 Å². The molecule has 0 spiro atoms. The number of carbonyl (C=O) groups excluding carboxylic acids is 2. The average molecular weight is 603 g/mol. The molecule has 242 valence electrons. The third-order valence-corrected chi connectivity index (χ3v) is 11.6. The topological polar surface area (TPSA) is 82.1 Å². The molecule has 0 amide bonds. The third-order valence-electron chi connectivity index (χ3n) is 11.6. The standard InChI is InChI=1S/C33H53F3O6/c1-20(27(19-40-6)41-28(37)8-7-9-29(38)42-30(2,3)4)25-12-13-26-24-11-10-21-18-32(39,33(34,35)36)17-15-22(21)23(24)14-16-31(25,26)5/h20-27,39H,7-19H2,1-6H3/t20-,21+,22-,23+,24+,25+,26-,27+,31+,32+/m0/s1. The SMILES string of the molecule is COC[C@@H](OC(=O)CCCC(=O)OC(C)(C)C)[C@@H](C)[C@H]1CC[C@H]2[C@@H]3CC[C@@H]4C[C@@](O)(C(F)(F)F)CC[C@@H]4[C@H]3CC[C@]12C. The molecule has 0 radical (unpaired) electrons. The lowest BCUT2D eigenvalue weighted by Gasteiger charge is -2.57. The van der Waals surface area contributed by atoms with Gasteiger partial charge in [0, 0.05) is 20.0 Å². The Morgan fingerprint density at radius 1 is 0.929 bits per heavy atom. The molecule has 1 N–H and O–H groups in total. The highest BCUT2D eigenvalue weighted by Crippen LogP contribution is 2.66. The van der Waals surface area contributed by atoms with Gasteiger partial charge in [0.25, 0.3) is 0 Å². The van der Waals surface area contributed by atoms with E-state index in [9.17, 15) is 27.9 Å². The van der Waals surface area contributed by atoms with Crippen LogP contribution in [0.3, 0.4) is 0 Å². The second-order valence-electron chi connectivity index (χ2n) is 15.2. The number of fused-ring (bicyclic) bond motifs is 5. The summed E-state index contributed by atoms with van der Waals surface area (Å²) in [7, 11) is 1.61. The zero-order valence-electron chi connectivity index (χ0n) is 26.4. The molecular weight excluding hydrogens is 549 g/mol. The van der Waals surface area contributed by atoms with E-state index in [1.807, 2.05) is 20.8 Å². The van der Waals surface area contributed by atoms with E-state index in [4.69, 9.17) is 14.2 Å². The first-order valence-corrected chi connectivity index (χ1v) is 16.2. The van der Waals surface area contributed by atoms with E-state index in [1.54, 1.807) is 7.11 Å². The van der Waals surface area contributed by atoms with Crippen molar-refractivity contribution in [1.29, 1.82) is 0 Å². The molecule has 9 heteroatoms. The van der Waals surface area contributed by atoms with Crippen molar-refractivity contribution in [2.75, 3.05) is 13.7 Å². The second kappa shape index (κ2) is 12.6. The Labute approximate surface area is 249 Å². The summed E-state index contributed by atoms with van der Waals surface area (Å²) in [5.41, 5.74) is -3.00. The van der Waals surface area contributed by atoms with Crippen LogP contribution in [-0.4, -0.2) is 54.2 Å². The molecule has 0 bridgehead atoms. The van der Waals surface area contributed by atoms with Crippen LogP contribution < -0.4 is 0 Å². The van der Waals surface area contributed by atoms with E-state index in [2.05, 4.69) is 13.8 Å². The van der Waals surface area contributed by atoms with Crippen LogP contribution >= 0.6 is 0 Å². The Hall–Kier alpha value is -1.35. The fraction of sp³-hybridized carbons (Fsp3) is 0.939. The van der Waals surface area contributed by atoms with Gasteiger partial charge in [0.1, 0.15) is 11.7 Å². The number of alkyl halides is 3. The van der Waals surface area contributed by atoms with Crippen molar-refractivity contribution in [1.82, 2.24) is 0 Å². The van der Waals surface area contributed by atoms with Crippen molar-refractivity contribution >= 4 is 11.9 Å². The molecule has 0 aromatic heterocycles. The third kappa shape index (κ3) is 6.97. The van der Waals surface area contributed by atoms with Gasteiger partial charge in [-0.05, 0) is 132 Å². The van der Waals surface area contributed by atoms with Crippen LogP contribution in [0.15, 0.2) is 0 Å².